The third kappa shape index (κ3) is 4.57. The lowest BCUT2D eigenvalue weighted by molar-refractivity contribution is 0.0266. The van der Waals surface area contributed by atoms with Crippen LogP contribution in [0.25, 0.3) is 0 Å². The van der Waals surface area contributed by atoms with Crippen molar-refractivity contribution in [1.82, 2.24) is 4.90 Å². The molecule has 0 spiro atoms. The van der Waals surface area contributed by atoms with Crippen LogP contribution in [0.15, 0.2) is 0 Å². The van der Waals surface area contributed by atoms with Crippen molar-refractivity contribution < 1.29 is 5.11 Å². The van der Waals surface area contributed by atoms with Crippen molar-refractivity contribution in [2.45, 2.75) is 57.6 Å². The van der Waals surface area contributed by atoms with E-state index in [0.29, 0.717) is 12.6 Å². The molecule has 2 aliphatic rings. The SMILES string of the molecule is CC(CC(C)(O)CN)N(CC1CC1)CC1CC1. The van der Waals surface area contributed by atoms with Gasteiger partial charge in [0.1, 0.15) is 0 Å². The molecular formula is C14H28N2O. The van der Waals surface area contributed by atoms with E-state index in [1.165, 1.54) is 38.8 Å². The molecule has 100 valence electrons. The highest BCUT2D eigenvalue weighted by Gasteiger charge is 2.33. The van der Waals surface area contributed by atoms with E-state index in [0.717, 1.165) is 18.3 Å². The summed E-state index contributed by atoms with van der Waals surface area (Å²) < 4.78 is 0. The van der Waals surface area contributed by atoms with Crippen molar-refractivity contribution in [3.05, 3.63) is 0 Å². The molecule has 2 unspecified atom stereocenters. The van der Waals surface area contributed by atoms with Crippen LogP contribution in [0.2, 0.25) is 0 Å². The molecule has 0 aromatic rings. The predicted octanol–water partition coefficient (Wildman–Crippen LogP) is 1.60. The summed E-state index contributed by atoms with van der Waals surface area (Å²) >= 11 is 0. The zero-order chi connectivity index (χ0) is 12.5. The van der Waals surface area contributed by atoms with Gasteiger partial charge in [0.15, 0.2) is 0 Å². The molecule has 0 aromatic heterocycles. The molecule has 3 N–H and O–H groups in total. The third-order valence-electron chi connectivity index (χ3n) is 4.18. The maximum atomic E-state index is 10.1. The second-order valence-electron chi connectivity index (χ2n) is 6.59. The highest BCUT2D eigenvalue weighted by Crippen LogP contribution is 2.35. The van der Waals surface area contributed by atoms with Crippen LogP contribution in [0.1, 0.15) is 46.0 Å². The molecule has 3 heteroatoms. The smallest absolute Gasteiger partial charge is 0.0756 e. The molecule has 0 amide bonds. The summed E-state index contributed by atoms with van der Waals surface area (Å²) in [5, 5.41) is 10.1. The average molecular weight is 240 g/mol. The molecule has 2 rings (SSSR count). The molecule has 3 nitrogen and oxygen atoms in total. The number of aliphatic hydroxyl groups is 1. The molecule has 0 aliphatic heterocycles. The molecule has 0 aromatic carbocycles. The summed E-state index contributed by atoms with van der Waals surface area (Å²) in [6.45, 7) is 6.93. The molecule has 0 saturated heterocycles. The molecule has 0 bridgehead atoms. The van der Waals surface area contributed by atoms with E-state index in [2.05, 4.69) is 11.8 Å². The van der Waals surface area contributed by atoms with Crippen LogP contribution in [0.4, 0.5) is 0 Å². The first-order valence-electron chi connectivity index (χ1n) is 7.16. The quantitative estimate of drug-likeness (QED) is 0.677. The van der Waals surface area contributed by atoms with Crippen molar-refractivity contribution in [2.24, 2.45) is 17.6 Å². The average Bonchev–Trinajstić information content (AvgIpc) is 3.10. The van der Waals surface area contributed by atoms with E-state index < -0.39 is 5.60 Å². The number of nitrogens with two attached hydrogens (primary N) is 1. The Morgan fingerprint density at radius 1 is 1.24 bits per heavy atom. The molecule has 0 heterocycles. The number of rotatable bonds is 8. The number of hydrogen-bond acceptors (Lipinski definition) is 3. The number of hydrogen-bond donors (Lipinski definition) is 2. The van der Waals surface area contributed by atoms with Crippen molar-refractivity contribution in [3.63, 3.8) is 0 Å². The minimum Gasteiger partial charge on any atom is -0.389 e. The second-order valence-corrected chi connectivity index (χ2v) is 6.59. The van der Waals surface area contributed by atoms with Crippen LogP contribution in [0.3, 0.4) is 0 Å². The van der Waals surface area contributed by atoms with Gasteiger partial charge in [0, 0.05) is 25.7 Å². The predicted molar refractivity (Wildman–Crippen MR) is 70.8 cm³/mol. The summed E-state index contributed by atoms with van der Waals surface area (Å²) in [4.78, 5) is 2.60. The van der Waals surface area contributed by atoms with E-state index in [4.69, 9.17) is 5.73 Å². The van der Waals surface area contributed by atoms with Gasteiger partial charge in [-0.2, -0.15) is 0 Å². The fourth-order valence-corrected chi connectivity index (χ4v) is 2.55. The van der Waals surface area contributed by atoms with Gasteiger partial charge in [0.25, 0.3) is 0 Å². The van der Waals surface area contributed by atoms with Gasteiger partial charge < -0.3 is 15.7 Å². The first kappa shape index (κ1) is 13.3. The van der Waals surface area contributed by atoms with Crippen molar-refractivity contribution in [2.75, 3.05) is 19.6 Å². The zero-order valence-electron chi connectivity index (χ0n) is 11.4. The van der Waals surface area contributed by atoms with Crippen LogP contribution in [0, 0.1) is 11.8 Å². The van der Waals surface area contributed by atoms with Gasteiger partial charge in [-0.3, -0.25) is 0 Å². The van der Waals surface area contributed by atoms with Crippen LogP contribution < -0.4 is 5.73 Å². The van der Waals surface area contributed by atoms with Crippen LogP contribution in [-0.4, -0.2) is 41.3 Å². The Labute approximate surface area is 105 Å². The van der Waals surface area contributed by atoms with Crippen molar-refractivity contribution >= 4 is 0 Å². The fraction of sp³-hybridized carbons (Fsp3) is 1.00. The minimum absolute atomic E-state index is 0.359. The lowest BCUT2D eigenvalue weighted by Gasteiger charge is -2.34. The highest BCUT2D eigenvalue weighted by molar-refractivity contribution is 4.87. The Kier molecular flexibility index (Phi) is 4.11. The third-order valence-corrected chi connectivity index (χ3v) is 4.18. The van der Waals surface area contributed by atoms with Crippen LogP contribution in [-0.2, 0) is 0 Å². The second kappa shape index (κ2) is 5.25. The lowest BCUT2D eigenvalue weighted by atomic mass is 9.96. The minimum atomic E-state index is -0.704. The van der Waals surface area contributed by atoms with Crippen molar-refractivity contribution in [3.8, 4) is 0 Å². The Bertz CT molecular complexity index is 233. The van der Waals surface area contributed by atoms with Gasteiger partial charge in [0.05, 0.1) is 5.60 Å². The van der Waals surface area contributed by atoms with Gasteiger partial charge in [-0.05, 0) is 57.8 Å². The molecule has 2 saturated carbocycles. The van der Waals surface area contributed by atoms with Gasteiger partial charge in [0.2, 0.25) is 0 Å². The largest absolute Gasteiger partial charge is 0.389 e. The van der Waals surface area contributed by atoms with Gasteiger partial charge in [-0.15, -0.1) is 0 Å². The van der Waals surface area contributed by atoms with E-state index in [-0.39, 0.29) is 0 Å². The standard InChI is InChI=1S/C14H28N2O/c1-11(7-14(2,17)10-15)16(8-12-3-4-12)9-13-5-6-13/h11-13,17H,3-10,15H2,1-2H3. The Morgan fingerprint density at radius 2 is 1.71 bits per heavy atom. The Morgan fingerprint density at radius 3 is 2.06 bits per heavy atom. The summed E-state index contributed by atoms with van der Waals surface area (Å²) in [5.41, 5.74) is 4.91. The Balaban J connectivity index is 1.83. The lowest BCUT2D eigenvalue weighted by Crippen LogP contribution is -2.44. The van der Waals surface area contributed by atoms with E-state index in [1.54, 1.807) is 0 Å². The summed E-state index contributed by atoms with van der Waals surface area (Å²) in [5.74, 6) is 1.86. The summed E-state index contributed by atoms with van der Waals surface area (Å²) in [6, 6.07) is 0.453. The fourth-order valence-electron chi connectivity index (χ4n) is 2.55. The molecular weight excluding hydrogens is 212 g/mol. The van der Waals surface area contributed by atoms with Gasteiger partial charge in [-0.1, -0.05) is 0 Å². The maximum absolute atomic E-state index is 10.1. The van der Waals surface area contributed by atoms with E-state index in [1.807, 2.05) is 6.92 Å². The molecule has 17 heavy (non-hydrogen) atoms. The van der Waals surface area contributed by atoms with E-state index >= 15 is 0 Å². The zero-order valence-corrected chi connectivity index (χ0v) is 11.4. The van der Waals surface area contributed by atoms with Gasteiger partial charge in [-0.25, -0.2) is 0 Å². The van der Waals surface area contributed by atoms with Crippen LogP contribution >= 0.6 is 0 Å². The number of nitrogens with zero attached hydrogens (tertiary/aromatic N) is 1. The molecule has 2 atom stereocenters. The Hall–Kier alpha value is -0.120. The van der Waals surface area contributed by atoms with Crippen molar-refractivity contribution in [1.29, 1.82) is 0 Å². The first-order valence-corrected chi connectivity index (χ1v) is 7.16. The highest BCUT2D eigenvalue weighted by atomic mass is 16.3. The van der Waals surface area contributed by atoms with E-state index in [9.17, 15) is 5.11 Å². The summed E-state index contributed by atoms with van der Waals surface area (Å²) in [7, 11) is 0. The monoisotopic (exact) mass is 240 g/mol. The molecule has 0 radical (unpaired) electrons. The van der Waals surface area contributed by atoms with Gasteiger partial charge >= 0.3 is 0 Å². The maximum Gasteiger partial charge on any atom is 0.0756 e. The molecule has 2 fully saturated rings. The molecule has 2 aliphatic carbocycles. The topological polar surface area (TPSA) is 49.5 Å². The summed E-state index contributed by atoms with van der Waals surface area (Å²) in [6.07, 6.45) is 6.41. The first-order chi connectivity index (χ1) is 8.00. The van der Waals surface area contributed by atoms with Crippen LogP contribution in [0.5, 0.6) is 0 Å². The normalized spacial score (nSPS) is 25.9.